The fourth-order valence-electron chi connectivity index (χ4n) is 3.61. The van der Waals surface area contributed by atoms with Gasteiger partial charge in [0.1, 0.15) is 10.3 Å². The third kappa shape index (κ3) is 4.58. The van der Waals surface area contributed by atoms with E-state index in [1.54, 1.807) is 12.1 Å². The fraction of sp³-hybridized carbons (Fsp3) is 0.429. The van der Waals surface area contributed by atoms with Crippen LogP contribution < -0.4 is 10.6 Å². The van der Waals surface area contributed by atoms with Crippen LogP contribution in [0.25, 0.3) is 0 Å². The summed E-state index contributed by atoms with van der Waals surface area (Å²) in [4.78, 5) is 25.6. The van der Waals surface area contributed by atoms with Crippen molar-refractivity contribution in [3.63, 3.8) is 0 Å². The molecule has 2 aromatic rings. The van der Waals surface area contributed by atoms with Crippen molar-refractivity contribution in [1.29, 1.82) is 0 Å². The molecule has 1 unspecified atom stereocenters. The Labute approximate surface area is 180 Å². The van der Waals surface area contributed by atoms with Crippen molar-refractivity contribution in [1.82, 2.24) is 9.62 Å². The molecule has 2 aliphatic rings. The minimum Gasteiger partial charge on any atom is -0.351 e. The highest BCUT2D eigenvalue weighted by Crippen LogP contribution is 2.31. The number of nitrogens with one attached hydrogen (secondary N) is 2. The molecule has 9 heteroatoms. The molecule has 1 aliphatic carbocycles. The van der Waals surface area contributed by atoms with Gasteiger partial charge < -0.3 is 10.6 Å². The van der Waals surface area contributed by atoms with Gasteiger partial charge in [0, 0.05) is 29.6 Å². The smallest absolute Gasteiger partial charge is 0.253 e. The number of amides is 2. The molecule has 2 heterocycles. The first-order valence-corrected chi connectivity index (χ1v) is 12.4. The Hall–Kier alpha value is -2.23. The normalized spacial score (nSPS) is 19.6. The van der Waals surface area contributed by atoms with E-state index in [1.807, 2.05) is 31.2 Å². The Kier molecular flexibility index (Phi) is 5.95. The lowest BCUT2D eigenvalue weighted by molar-refractivity contribution is -0.124. The minimum absolute atomic E-state index is 0.0341. The number of sulfonamides is 1. The number of hydrogen-bond donors (Lipinski definition) is 2. The summed E-state index contributed by atoms with van der Waals surface area (Å²) >= 11 is 1.22. The van der Waals surface area contributed by atoms with E-state index in [-0.39, 0.29) is 28.5 Å². The first-order chi connectivity index (χ1) is 14.3. The predicted molar refractivity (Wildman–Crippen MR) is 116 cm³/mol. The molecular weight excluding hydrogens is 422 g/mol. The first-order valence-electron chi connectivity index (χ1n) is 10.1. The van der Waals surface area contributed by atoms with Gasteiger partial charge in [-0.1, -0.05) is 12.1 Å². The van der Waals surface area contributed by atoms with Gasteiger partial charge >= 0.3 is 0 Å². The van der Waals surface area contributed by atoms with E-state index in [4.69, 9.17) is 0 Å². The molecule has 1 aromatic carbocycles. The molecular formula is C21H25N3O4S2. The van der Waals surface area contributed by atoms with Gasteiger partial charge in [-0.2, -0.15) is 4.31 Å². The van der Waals surface area contributed by atoms with Gasteiger partial charge in [-0.3, -0.25) is 9.59 Å². The number of rotatable bonds is 7. The van der Waals surface area contributed by atoms with E-state index in [9.17, 15) is 18.0 Å². The van der Waals surface area contributed by atoms with Crippen molar-refractivity contribution < 1.29 is 18.0 Å². The van der Waals surface area contributed by atoms with Crippen LogP contribution >= 0.6 is 11.3 Å². The van der Waals surface area contributed by atoms with Crippen molar-refractivity contribution in [2.75, 3.05) is 11.9 Å². The van der Waals surface area contributed by atoms with E-state index in [0.29, 0.717) is 25.1 Å². The maximum absolute atomic E-state index is 13.0. The summed E-state index contributed by atoms with van der Waals surface area (Å²) in [6.45, 7) is 2.48. The number of carbonyl (C=O) groups is 2. The minimum atomic E-state index is -3.67. The zero-order valence-electron chi connectivity index (χ0n) is 16.8. The molecule has 160 valence electrons. The highest BCUT2D eigenvalue weighted by atomic mass is 32.2. The molecule has 1 saturated heterocycles. The summed E-state index contributed by atoms with van der Waals surface area (Å²) in [5, 5.41) is 5.76. The van der Waals surface area contributed by atoms with Crippen molar-refractivity contribution >= 4 is 38.9 Å². The Morgan fingerprint density at radius 3 is 2.63 bits per heavy atom. The van der Waals surface area contributed by atoms with Crippen molar-refractivity contribution in [2.24, 2.45) is 5.92 Å². The second-order valence-corrected chi connectivity index (χ2v) is 11.2. The zero-order chi connectivity index (χ0) is 21.3. The number of thiophene rings is 1. The SMILES string of the molecule is Cc1ccc(S(=O)(=O)N2CCCC2C(=O)NCc2cccc(NC(=O)C3CC3)c2)s1. The Morgan fingerprint density at radius 1 is 1.13 bits per heavy atom. The summed E-state index contributed by atoms with van der Waals surface area (Å²) in [7, 11) is -3.67. The number of hydrogen-bond acceptors (Lipinski definition) is 5. The van der Waals surface area contributed by atoms with Gasteiger partial charge in [-0.15, -0.1) is 11.3 Å². The zero-order valence-corrected chi connectivity index (χ0v) is 18.4. The van der Waals surface area contributed by atoms with Gasteiger partial charge in [0.15, 0.2) is 0 Å². The topological polar surface area (TPSA) is 95.6 Å². The van der Waals surface area contributed by atoms with E-state index in [2.05, 4.69) is 10.6 Å². The maximum Gasteiger partial charge on any atom is 0.253 e. The fourth-order valence-corrected chi connectivity index (χ4v) is 6.68. The average molecular weight is 448 g/mol. The molecule has 0 spiro atoms. The van der Waals surface area contributed by atoms with E-state index in [0.717, 1.165) is 23.3 Å². The van der Waals surface area contributed by atoms with Crippen molar-refractivity contribution in [2.45, 2.75) is 49.4 Å². The third-order valence-electron chi connectivity index (χ3n) is 5.39. The third-order valence-corrected chi connectivity index (χ3v) is 8.77. The Balaban J connectivity index is 1.39. The van der Waals surface area contributed by atoms with Crippen LogP contribution in [-0.2, 0) is 26.2 Å². The van der Waals surface area contributed by atoms with Crippen LogP contribution in [0.2, 0.25) is 0 Å². The summed E-state index contributed by atoms with van der Waals surface area (Å²) in [6.07, 6.45) is 3.04. The largest absolute Gasteiger partial charge is 0.351 e. The summed E-state index contributed by atoms with van der Waals surface area (Å²) in [6, 6.07) is 10.0. The highest BCUT2D eigenvalue weighted by molar-refractivity contribution is 7.91. The van der Waals surface area contributed by atoms with Crippen molar-refractivity contribution in [3.8, 4) is 0 Å². The highest BCUT2D eigenvalue weighted by Gasteiger charge is 2.39. The first kappa shape index (κ1) is 21.0. The molecule has 1 atom stereocenters. The lowest BCUT2D eigenvalue weighted by Gasteiger charge is -2.22. The maximum atomic E-state index is 13.0. The van der Waals surface area contributed by atoms with Crippen LogP contribution in [0.15, 0.2) is 40.6 Å². The second-order valence-electron chi connectivity index (χ2n) is 7.82. The Morgan fingerprint density at radius 2 is 1.93 bits per heavy atom. The molecule has 0 radical (unpaired) electrons. The summed E-state index contributed by atoms with van der Waals surface area (Å²) in [5.74, 6) is -0.139. The molecule has 1 aromatic heterocycles. The lowest BCUT2D eigenvalue weighted by atomic mass is 10.1. The van der Waals surface area contributed by atoms with Gasteiger partial charge in [-0.25, -0.2) is 8.42 Å². The van der Waals surface area contributed by atoms with E-state index < -0.39 is 16.1 Å². The molecule has 30 heavy (non-hydrogen) atoms. The molecule has 7 nitrogen and oxygen atoms in total. The number of anilines is 1. The monoisotopic (exact) mass is 447 g/mol. The molecule has 0 bridgehead atoms. The van der Waals surface area contributed by atoms with E-state index in [1.165, 1.54) is 15.6 Å². The van der Waals surface area contributed by atoms with Crippen LogP contribution in [-0.4, -0.2) is 37.1 Å². The summed E-state index contributed by atoms with van der Waals surface area (Å²) in [5.41, 5.74) is 1.55. The van der Waals surface area contributed by atoms with Gasteiger partial charge in [0.2, 0.25) is 11.8 Å². The quantitative estimate of drug-likeness (QED) is 0.682. The number of aryl methyl sites for hydroxylation is 1. The number of benzene rings is 1. The van der Waals surface area contributed by atoms with Crippen molar-refractivity contribution in [3.05, 3.63) is 46.8 Å². The molecule has 2 fully saturated rings. The van der Waals surface area contributed by atoms with E-state index >= 15 is 0 Å². The molecule has 1 aliphatic heterocycles. The molecule has 2 amide bonds. The van der Waals surface area contributed by atoms with Crippen LogP contribution in [0.1, 0.15) is 36.1 Å². The molecule has 1 saturated carbocycles. The molecule has 4 rings (SSSR count). The summed E-state index contributed by atoms with van der Waals surface area (Å²) < 4.78 is 27.5. The standard InChI is InChI=1S/C21H25N3O4S2/c1-14-7-10-19(29-14)30(27,28)24-11-3-6-18(24)21(26)22-13-15-4-2-5-17(12-15)23-20(25)16-8-9-16/h2,4-5,7,10,12,16,18H,3,6,8-9,11,13H2,1H3,(H,22,26)(H,23,25). The predicted octanol–water partition coefficient (Wildman–Crippen LogP) is 2.87. The van der Waals surface area contributed by atoms with Crippen LogP contribution in [0.3, 0.4) is 0 Å². The Bertz CT molecular complexity index is 1060. The van der Waals surface area contributed by atoms with Crippen LogP contribution in [0.5, 0.6) is 0 Å². The lowest BCUT2D eigenvalue weighted by Crippen LogP contribution is -2.45. The number of carbonyl (C=O) groups excluding carboxylic acids is 2. The van der Waals surface area contributed by atoms with Crippen LogP contribution in [0, 0.1) is 12.8 Å². The van der Waals surface area contributed by atoms with Gasteiger partial charge in [0.25, 0.3) is 10.0 Å². The van der Waals surface area contributed by atoms with Crippen LogP contribution in [0.4, 0.5) is 5.69 Å². The van der Waals surface area contributed by atoms with Gasteiger partial charge in [-0.05, 0) is 62.4 Å². The average Bonchev–Trinajstić information content (AvgIpc) is 3.27. The van der Waals surface area contributed by atoms with Gasteiger partial charge in [0.05, 0.1) is 0 Å². The molecule has 2 N–H and O–H groups in total. The second kappa shape index (κ2) is 8.49. The number of nitrogens with zero attached hydrogens (tertiary/aromatic N) is 1.